The molecule has 1 N–H and O–H groups in total. The standard InChI is InChI=1S/C12H22O4S/c1-5-9(17-8(3)13)11(14)12(4)10(6-2)15-7-16-12/h9-11,14H,5-7H2,1-4H3. The molecule has 0 amide bonds. The molecule has 4 unspecified atom stereocenters. The molecule has 0 aromatic heterocycles. The molecule has 1 saturated heterocycles. The van der Waals surface area contributed by atoms with E-state index in [1.54, 1.807) is 0 Å². The minimum atomic E-state index is -0.710. The first-order chi connectivity index (χ1) is 7.95. The van der Waals surface area contributed by atoms with Crippen LogP contribution in [0.3, 0.4) is 0 Å². The molecule has 4 atom stereocenters. The largest absolute Gasteiger partial charge is 0.389 e. The van der Waals surface area contributed by atoms with Crippen LogP contribution in [0.15, 0.2) is 0 Å². The van der Waals surface area contributed by atoms with Crippen molar-refractivity contribution < 1.29 is 19.4 Å². The molecule has 0 aromatic carbocycles. The number of carbonyl (C=O) groups is 1. The van der Waals surface area contributed by atoms with Gasteiger partial charge in [-0.05, 0) is 19.8 Å². The van der Waals surface area contributed by atoms with Crippen molar-refractivity contribution in [2.24, 2.45) is 0 Å². The van der Waals surface area contributed by atoms with Gasteiger partial charge in [-0.1, -0.05) is 25.6 Å². The van der Waals surface area contributed by atoms with Crippen LogP contribution in [0.1, 0.15) is 40.5 Å². The van der Waals surface area contributed by atoms with Crippen LogP contribution in [-0.2, 0) is 14.3 Å². The Balaban J connectivity index is 2.77. The minimum absolute atomic E-state index is 0.0199. The Labute approximate surface area is 107 Å². The molecule has 0 aliphatic carbocycles. The van der Waals surface area contributed by atoms with Gasteiger partial charge >= 0.3 is 0 Å². The summed E-state index contributed by atoms with van der Waals surface area (Å²) < 4.78 is 11.0. The molecule has 0 bridgehead atoms. The van der Waals surface area contributed by atoms with E-state index in [2.05, 4.69) is 0 Å². The number of ether oxygens (including phenoxy) is 2. The lowest BCUT2D eigenvalue weighted by atomic mass is 9.88. The lowest BCUT2D eigenvalue weighted by Crippen LogP contribution is -2.52. The van der Waals surface area contributed by atoms with Gasteiger partial charge in [0.1, 0.15) is 12.4 Å². The number of aliphatic hydroxyl groups excluding tert-OH is 1. The van der Waals surface area contributed by atoms with Gasteiger partial charge in [-0.25, -0.2) is 0 Å². The third kappa shape index (κ3) is 3.22. The van der Waals surface area contributed by atoms with Gasteiger partial charge in [-0.3, -0.25) is 4.79 Å². The van der Waals surface area contributed by atoms with Gasteiger partial charge in [0, 0.05) is 12.2 Å². The Kier molecular flexibility index (Phi) is 5.44. The van der Waals surface area contributed by atoms with E-state index in [-0.39, 0.29) is 23.3 Å². The third-order valence-electron chi connectivity index (χ3n) is 3.31. The molecule has 0 saturated carbocycles. The maximum Gasteiger partial charge on any atom is 0.186 e. The quantitative estimate of drug-likeness (QED) is 0.820. The molecule has 1 fully saturated rings. The average Bonchev–Trinajstić information content (AvgIpc) is 2.67. The van der Waals surface area contributed by atoms with Crippen LogP contribution >= 0.6 is 11.8 Å². The van der Waals surface area contributed by atoms with E-state index >= 15 is 0 Å². The van der Waals surface area contributed by atoms with Crippen molar-refractivity contribution in [3.05, 3.63) is 0 Å². The highest BCUT2D eigenvalue weighted by Gasteiger charge is 2.49. The number of hydrogen-bond donors (Lipinski definition) is 1. The SMILES string of the molecule is CCC(SC(C)=O)C(O)C1(C)OCOC1CC. The summed E-state index contributed by atoms with van der Waals surface area (Å²) in [6.45, 7) is 7.56. The van der Waals surface area contributed by atoms with Gasteiger partial charge in [-0.2, -0.15) is 0 Å². The second kappa shape index (κ2) is 6.18. The number of aliphatic hydroxyl groups is 1. The van der Waals surface area contributed by atoms with Crippen molar-refractivity contribution in [3.63, 3.8) is 0 Å². The molecule has 17 heavy (non-hydrogen) atoms. The van der Waals surface area contributed by atoms with Crippen LogP contribution in [0.5, 0.6) is 0 Å². The van der Waals surface area contributed by atoms with Crippen molar-refractivity contribution in [2.75, 3.05) is 6.79 Å². The number of hydrogen-bond acceptors (Lipinski definition) is 5. The lowest BCUT2D eigenvalue weighted by molar-refractivity contribution is -0.109. The Bertz CT molecular complexity index is 271. The summed E-state index contributed by atoms with van der Waals surface area (Å²) in [5.41, 5.74) is -0.710. The fourth-order valence-corrected chi connectivity index (χ4v) is 3.25. The van der Waals surface area contributed by atoms with E-state index in [9.17, 15) is 9.90 Å². The predicted octanol–water partition coefficient (Wildman–Crippen LogP) is 1.95. The van der Waals surface area contributed by atoms with Crippen LogP contribution in [-0.4, -0.2) is 40.1 Å². The summed E-state index contributed by atoms with van der Waals surface area (Å²) >= 11 is 1.18. The highest BCUT2D eigenvalue weighted by Crippen LogP contribution is 2.36. The Morgan fingerprint density at radius 3 is 2.71 bits per heavy atom. The number of thioether (sulfide) groups is 1. The first-order valence-corrected chi connectivity index (χ1v) is 6.94. The molecule has 5 heteroatoms. The molecule has 4 nitrogen and oxygen atoms in total. The smallest absolute Gasteiger partial charge is 0.186 e. The average molecular weight is 262 g/mol. The zero-order valence-electron chi connectivity index (χ0n) is 10.9. The third-order valence-corrected chi connectivity index (χ3v) is 4.53. The van der Waals surface area contributed by atoms with E-state index in [4.69, 9.17) is 9.47 Å². The van der Waals surface area contributed by atoms with Gasteiger partial charge in [0.25, 0.3) is 0 Å². The molecule has 100 valence electrons. The lowest BCUT2D eigenvalue weighted by Gasteiger charge is -2.36. The molecule has 1 aliphatic rings. The van der Waals surface area contributed by atoms with E-state index in [1.807, 2.05) is 20.8 Å². The monoisotopic (exact) mass is 262 g/mol. The Morgan fingerprint density at radius 1 is 1.59 bits per heavy atom. The fraction of sp³-hybridized carbons (Fsp3) is 0.917. The number of carbonyl (C=O) groups excluding carboxylic acids is 1. The van der Waals surface area contributed by atoms with Crippen molar-refractivity contribution in [1.82, 2.24) is 0 Å². The first-order valence-electron chi connectivity index (χ1n) is 6.06. The van der Waals surface area contributed by atoms with Crippen LogP contribution in [0, 0.1) is 0 Å². The summed E-state index contributed by atoms with van der Waals surface area (Å²) in [6.07, 6.45) is 0.697. The van der Waals surface area contributed by atoms with Crippen molar-refractivity contribution >= 4 is 16.9 Å². The zero-order chi connectivity index (χ0) is 13.1. The van der Waals surface area contributed by atoms with Crippen LogP contribution in [0.4, 0.5) is 0 Å². The molecule has 0 aromatic rings. The summed E-state index contributed by atoms with van der Waals surface area (Å²) in [5, 5.41) is 10.3. The van der Waals surface area contributed by atoms with Gasteiger partial charge in [0.15, 0.2) is 5.12 Å². The normalized spacial score (nSPS) is 32.4. The van der Waals surface area contributed by atoms with Gasteiger partial charge < -0.3 is 14.6 Å². The minimum Gasteiger partial charge on any atom is -0.389 e. The second-order valence-electron chi connectivity index (χ2n) is 4.51. The van der Waals surface area contributed by atoms with E-state index in [0.717, 1.165) is 12.8 Å². The summed E-state index contributed by atoms with van der Waals surface area (Å²) in [4.78, 5) is 11.2. The van der Waals surface area contributed by atoms with Crippen LogP contribution in [0.25, 0.3) is 0 Å². The summed E-state index contributed by atoms with van der Waals surface area (Å²) in [5.74, 6) is 0. The topological polar surface area (TPSA) is 55.8 Å². The second-order valence-corrected chi connectivity index (χ2v) is 5.93. The van der Waals surface area contributed by atoms with Crippen molar-refractivity contribution in [1.29, 1.82) is 0 Å². The zero-order valence-corrected chi connectivity index (χ0v) is 11.8. The fourth-order valence-electron chi connectivity index (χ4n) is 2.25. The summed E-state index contributed by atoms with van der Waals surface area (Å²) in [6, 6.07) is 0. The van der Waals surface area contributed by atoms with Gasteiger partial charge in [0.2, 0.25) is 0 Å². The summed E-state index contributed by atoms with van der Waals surface area (Å²) in [7, 11) is 0. The van der Waals surface area contributed by atoms with Crippen molar-refractivity contribution in [2.45, 2.75) is 63.6 Å². The molecule has 1 rings (SSSR count). The van der Waals surface area contributed by atoms with E-state index in [1.165, 1.54) is 18.7 Å². The molecular weight excluding hydrogens is 240 g/mol. The molecule has 0 spiro atoms. The Morgan fingerprint density at radius 2 is 2.24 bits per heavy atom. The maximum atomic E-state index is 11.2. The van der Waals surface area contributed by atoms with Crippen LogP contribution < -0.4 is 0 Å². The highest BCUT2D eigenvalue weighted by atomic mass is 32.2. The van der Waals surface area contributed by atoms with Gasteiger partial charge in [0.05, 0.1) is 12.2 Å². The number of rotatable bonds is 5. The molecular formula is C12H22O4S. The molecule has 1 aliphatic heterocycles. The van der Waals surface area contributed by atoms with Crippen molar-refractivity contribution in [3.8, 4) is 0 Å². The van der Waals surface area contributed by atoms with E-state index < -0.39 is 11.7 Å². The highest BCUT2D eigenvalue weighted by molar-refractivity contribution is 8.14. The predicted molar refractivity (Wildman–Crippen MR) is 67.9 cm³/mol. The molecule has 0 radical (unpaired) electrons. The van der Waals surface area contributed by atoms with Crippen LogP contribution in [0.2, 0.25) is 0 Å². The van der Waals surface area contributed by atoms with E-state index in [0.29, 0.717) is 0 Å². The Hall–Kier alpha value is -0.100. The first kappa shape index (κ1) is 15.0. The van der Waals surface area contributed by atoms with Gasteiger partial charge in [-0.15, -0.1) is 0 Å². The maximum absolute atomic E-state index is 11.2. The molecule has 1 heterocycles.